The quantitative estimate of drug-likeness (QED) is 0.336. The molecule has 12 nitrogen and oxygen atoms in total. The molecule has 1 N–H and O–H groups in total. The maximum atomic E-state index is 13.0. The predicted molar refractivity (Wildman–Crippen MR) is 116 cm³/mol. The molecule has 2 aromatic rings. The van der Waals surface area contributed by atoms with E-state index in [9.17, 15) is 24.3 Å². The van der Waals surface area contributed by atoms with Gasteiger partial charge < -0.3 is 9.84 Å². The zero-order valence-corrected chi connectivity index (χ0v) is 19.7. The van der Waals surface area contributed by atoms with Crippen LogP contribution in [0.5, 0.6) is 5.88 Å². The molecule has 1 saturated heterocycles. The molecule has 1 fully saturated rings. The average molecular weight is 515 g/mol. The van der Waals surface area contributed by atoms with Gasteiger partial charge in [-0.05, 0) is 18.6 Å². The Morgan fingerprint density at radius 1 is 0.971 bits per heavy atom. The number of carbonyl (C=O) groups excluding carboxylic acids is 2. The van der Waals surface area contributed by atoms with Gasteiger partial charge in [0.2, 0.25) is 11.6 Å². The van der Waals surface area contributed by atoms with Crippen molar-refractivity contribution in [2.45, 2.75) is 6.42 Å². The number of morpholine rings is 1. The van der Waals surface area contributed by atoms with Crippen LogP contribution in [0.2, 0.25) is 0 Å². The fourth-order valence-corrected chi connectivity index (χ4v) is 3.89. The predicted octanol–water partition coefficient (Wildman–Crippen LogP) is 0.521. The van der Waals surface area contributed by atoms with E-state index in [1.165, 1.54) is 25.1 Å². The Morgan fingerprint density at radius 3 is 2.38 bits per heavy atom. The maximum absolute atomic E-state index is 13.0. The van der Waals surface area contributed by atoms with Gasteiger partial charge in [0.1, 0.15) is 0 Å². The molecule has 182 valence electrons. The van der Waals surface area contributed by atoms with E-state index in [-0.39, 0.29) is 39.9 Å². The van der Waals surface area contributed by atoms with Gasteiger partial charge in [-0.1, -0.05) is 6.07 Å². The second-order valence-electron chi connectivity index (χ2n) is 7.85. The molecule has 2 amide bonds. The van der Waals surface area contributed by atoms with E-state index in [0.717, 1.165) is 28.8 Å². The van der Waals surface area contributed by atoms with Crippen molar-refractivity contribution in [1.29, 1.82) is 0 Å². The fourth-order valence-electron chi connectivity index (χ4n) is 3.89. The number of ether oxygens (including phenoxy) is 1. The number of nitrogens with zero attached hydrogens (tertiary/aromatic N) is 6. The van der Waals surface area contributed by atoms with Crippen molar-refractivity contribution in [2.75, 3.05) is 39.4 Å². The smallest absolute Gasteiger partial charge is 0.493 e. The van der Waals surface area contributed by atoms with Crippen molar-refractivity contribution >= 4 is 23.2 Å². The Labute approximate surface area is 204 Å². The van der Waals surface area contributed by atoms with Crippen LogP contribution < -0.4 is 11.2 Å². The summed E-state index contributed by atoms with van der Waals surface area (Å²) in [7, 11) is 2.54. The molecule has 13 heteroatoms. The first-order valence-electron chi connectivity index (χ1n) is 10.5. The Kier molecular flexibility index (Phi) is 7.80. The molecule has 0 spiro atoms. The minimum absolute atomic E-state index is 0. The van der Waals surface area contributed by atoms with Crippen LogP contribution in [0.1, 0.15) is 27.1 Å². The summed E-state index contributed by atoms with van der Waals surface area (Å²) in [5.41, 5.74) is -1.60. The Hall–Kier alpha value is -3.15. The van der Waals surface area contributed by atoms with Gasteiger partial charge in [-0.25, -0.2) is 4.79 Å². The summed E-state index contributed by atoms with van der Waals surface area (Å²) < 4.78 is 6.97. The number of hydrogen-bond donors (Lipinski definition) is 1. The van der Waals surface area contributed by atoms with Crippen LogP contribution in [0.3, 0.4) is 0 Å². The second kappa shape index (κ2) is 10.4. The molecule has 4 rings (SSSR count). The Bertz CT molecular complexity index is 1260. The number of aromatic hydroxyl groups is 1. The van der Waals surface area contributed by atoms with Crippen molar-refractivity contribution in [3.8, 4) is 5.88 Å². The van der Waals surface area contributed by atoms with Crippen LogP contribution >= 0.6 is 0 Å². The first kappa shape index (κ1) is 25.5. The maximum Gasteiger partial charge on any atom is 2.00 e. The molecular weight excluding hydrogens is 491 g/mol. The van der Waals surface area contributed by atoms with E-state index in [1.807, 2.05) is 0 Å². The van der Waals surface area contributed by atoms with Crippen LogP contribution in [0.25, 0.3) is 0 Å². The average Bonchev–Trinajstić information content (AvgIpc) is 3.07. The number of imide groups is 1. The van der Waals surface area contributed by atoms with Crippen molar-refractivity contribution in [1.82, 2.24) is 18.9 Å². The Balaban J connectivity index is 0.00000324. The number of carbonyl (C=O) groups is 2. The van der Waals surface area contributed by atoms with E-state index >= 15 is 0 Å². The molecule has 0 saturated carbocycles. The van der Waals surface area contributed by atoms with Crippen LogP contribution in [-0.4, -0.2) is 75.2 Å². The van der Waals surface area contributed by atoms with Crippen LogP contribution in [-0.2, 0) is 35.3 Å². The third-order valence-corrected chi connectivity index (χ3v) is 5.81. The zero-order chi connectivity index (χ0) is 23.7. The van der Waals surface area contributed by atoms with E-state index in [4.69, 9.17) is 4.74 Å². The summed E-state index contributed by atoms with van der Waals surface area (Å²) >= 11 is 0. The first-order chi connectivity index (χ1) is 15.8. The summed E-state index contributed by atoms with van der Waals surface area (Å²) in [6, 6.07) is 4.60. The zero-order valence-electron chi connectivity index (χ0n) is 18.7. The number of fused-ring (bicyclic) bond motifs is 1. The van der Waals surface area contributed by atoms with Crippen molar-refractivity contribution in [3.63, 3.8) is 0 Å². The first-order valence-corrected chi connectivity index (χ1v) is 10.5. The van der Waals surface area contributed by atoms with E-state index in [1.54, 1.807) is 12.1 Å². The van der Waals surface area contributed by atoms with Gasteiger partial charge in [-0.15, -0.1) is 10.2 Å². The molecule has 2 aliphatic rings. The molecule has 0 radical (unpaired) electrons. The van der Waals surface area contributed by atoms with E-state index < -0.39 is 34.6 Å². The van der Waals surface area contributed by atoms with Gasteiger partial charge in [0.15, 0.2) is 0 Å². The standard InChI is InChI=1S/C21H24N6O6.Ni/c1-24-19(30)16(20(31)25(2)21(24)32)23-22-14-6-3-5-13-15(14)18(29)27(17(13)28)8-4-7-26-9-11-33-12-10-26;/h3,5-6,30H,4,7-12H2,1-2H3;/q;+2. The van der Waals surface area contributed by atoms with Gasteiger partial charge in [0.25, 0.3) is 17.4 Å². The molecule has 2 aliphatic heterocycles. The topological polar surface area (TPSA) is 139 Å². The third-order valence-electron chi connectivity index (χ3n) is 5.81. The summed E-state index contributed by atoms with van der Waals surface area (Å²) in [5.74, 6) is -1.54. The Morgan fingerprint density at radius 2 is 1.68 bits per heavy atom. The molecule has 0 bridgehead atoms. The second-order valence-corrected chi connectivity index (χ2v) is 7.85. The van der Waals surface area contributed by atoms with Crippen LogP contribution in [0.4, 0.5) is 11.4 Å². The number of aromatic nitrogens is 2. The molecule has 3 heterocycles. The number of benzene rings is 1. The summed E-state index contributed by atoms with van der Waals surface area (Å²) in [4.78, 5) is 53.5. The third kappa shape index (κ3) is 4.59. The normalized spacial score (nSPS) is 16.2. The summed E-state index contributed by atoms with van der Waals surface area (Å²) in [5, 5.41) is 17.9. The van der Waals surface area contributed by atoms with E-state index in [0.29, 0.717) is 19.6 Å². The minimum atomic E-state index is -0.834. The van der Waals surface area contributed by atoms with Gasteiger partial charge in [-0.2, -0.15) is 0 Å². The molecule has 1 aromatic heterocycles. The van der Waals surface area contributed by atoms with Crippen LogP contribution in [0, 0.1) is 0 Å². The van der Waals surface area contributed by atoms with E-state index in [2.05, 4.69) is 15.1 Å². The number of hydrogen-bond acceptors (Lipinski definition) is 9. The number of amides is 2. The monoisotopic (exact) mass is 514 g/mol. The molecule has 0 aliphatic carbocycles. The minimum Gasteiger partial charge on any atom is -0.493 e. The SMILES string of the molecule is Cn1c(O)c(N=Nc2cccc3c2C(=O)N(CCCN2CCOCC2)C3=O)c(=O)n(C)c1=O.[Ni+2]. The summed E-state index contributed by atoms with van der Waals surface area (Å²) in [6.07, 6.45) is 0.629. The van der Waals surface area contributed by atoms with Crippen molar-refractivity contribution in [2.24, 2.45) is 24.3 Å². The van der Waals surface area contributed by atoms with Gasteiger partial charge in [0, 0.05) is 40.3 Å². The molecular formula is C21H24N6NiO6+2. The van der Waals surface area contributed by atoms with Crippen molar-refractivity contribution < 1.29 is 35.9 Å². The largest absolute Gasteiger partial charge is 2.00 e. The van der Waals surface area contributed by atoms with Crippen molar-refractivity contribution in [3.05, 3.63) is 50.2 Å². The molecule has 1 aromatic carbocycles. The number of rotatable bonds is 6. The molecule has 0 unspecified atom stereocenters. The van der Waals surface area contributed by atoms with Gasteiger partial charge >= 0.3 is 22.2 Å². The molecule has 34 heavy (non-hydrogen) atoms. The molecule has 0 atom stereocenters. The summed E-state index contributed by atoms with van der Waals surface area (Å²) in [6.45, 7) is 4.01. The fraction of sp³-hybridized carbons (Fsp3) is 0.429. The van der Waals surface area contributed by atoms with Crippen LogP contribution in [0.15, 0.2) is 38.0 Å². The van der Waals surface area contributed by atoms with Gasteiger partial charge in [0.05, 0.1) is 30.0 Å². The number of azo groups is 1. The van der Waals surface area contributed by atoms with Gasteiger partial charge in [-0.3, -0.25) is 33.3 Å².